The average Bonchev–Trinajstić information content (AvgIpc) is 3.26. The fraction of sp³-hybridized carbons (Fsp3) is 0.208. The van der Waals surface area contributed by atoms with Gasteiger partial charge in [0.25, 0.3) is 11.8 Å². The van der Waals surface area contributed by atoms with Gasteiger partial charge in [0, 0.05) is 20.1 Å². The van der Waals surface area contributed by atoms with Crippen LogP contribution in [-0.2, 0) is 13.1 Å². The summed E-state index contributed by atoms with van der Waals surface area (Å²) in [4.78, 5) is 36.9. The third-order valence-electron chi connectivity index (χ3n) is 5.01. The number of carbonyl (C=O) groups excluding carboxylic acids is 2. The third kappa shape index (κ3) is 5.89. The van der Waals surface area contributed by atoms with Crippen molar-refractivity contribution in [2.75, 3.05) is 19.5 Å². The minimum absolute atomic E-state index is 0.227. The first-order chi connectivity index (χ1) is 15.8. The first-order valence-electron chi connectivity index (χ1n) is 10.2. The van der Waals surface area contributed by atoms with Crippen molar-refractivity contribution in [3.63, 3.8) is 0 Å². The standard InChI is InChI=1S/C24H25N3O5S/c1-14-10-16(6-9-18(14)24(30)31)13-26-21(28)19-11-20(33-23(19)25-2)22(29)27-12-15-4-7-17(32-3)8-5-15/h4-11,25H,12-13H2,1-3H3,(H,26,28)(H,27,29)(H,30,31). The predicted molar refractivity (Wildman–Crippen MR) is 127 cm³/mol. The van der Waals surface area contributed by atoms with Gasteiger partial charge in [-0.25, -0.2) is 4.79 Å². The van der Waals surface area contributed by atoms with E-state index in [-0.39, 0.29) is 23.9 Å². The summed E-state index contributed by atoms with van der Waals surface area (Å²) >= 11 is 1.20. The molecule has 172 valence electrons. The number of methoxy groups -OCH3 is 1. The van der Waals surface area contributed by atoms with E-state index in [1.165, 1.54) is 17.4 Å². The molecule has 0 aliphatic rings. The van der Waals surface area contributed by atoms with Crippen LogP contribution in [0.5, 0.6) is 5.75 Å². The molecule has 0 atom stereocenters. The van der Waals surface area contributed by atoms with Gasteiger partial charge in [-0.05, 0) is 47.9 Å². The van der Waals surface area contributed by atoms with E-state index < -0.39 is 5.97 Å². The largest absolute Gasteiger partial charge is 0.497 e. The van der Waals surface area contributed by atoms with E-state index in [9.17, 15) is 14.4 Å². The first-order valence-corrected chi connectivity index (χ1v) is 11.0. The number of benzene rings is 2. The normalized spacial score (nSPS) is 10.4. The Kier molecular flexibility index (Phi) is 7.68. The molecule has 0 bridgehead atoms. The molecule has 0 aliphatic carbocycles. The molecule has 2 amide bonds. The fourth-order valence-electron chi connectivity index (χ4n) is 3.22. The molecule has 3 aromatic rings. The van der Waals surface area contributed by atoms with Gasteiger partial charge in [0.1, 0.15) is 10.8 Å². The van der Waals surface area contributed by atoms with Crippen LogP contribution in [0.15, 0.2) is 48.5 Å². The minimum Gasteiger partial charge on any atom is -0.497 e. The number of hydrogen-bond donors (Lipinski definition) is 4. The number of aromatic carboxylic acids is 1. The van der Waals surface area contributed by atoms with Crippen molar-refractivity contribution in [1.82, 2.24) is 10.6 Å². The molecule has 33 heavy (non-hydrogen) atoms. The number of carbonyl (C=O) groups is 3. The number of carboxylic acid groups (broad SMARTS) is 1. The van der Waals surface area contributed by atoms with Gasteiger partial charge >= 0.3 is 5.97 Å². The Bertz CT molecular complexity index is 1170. The van der Waals surface area contributed by atoms with E-state index in [0.717, 1.165) is 16.9 Å². The van der Waals surface area contributed by atoms with Crippen LogP contribution in [-0.4, -0.2) is 37.0 Å². The first kappa shape index (κ1) is 23.8. The molecule has 1 heterocycles. The van der Waals surface area contributed by atoms with Gasteiger partial charge in [0.05, 0.1) is 23.1 Å². The van der Waals surface area contributed by atoms with Crippen LogP contribution in [0.3, 0.4) is 0 Å². The van der Waals surface area contributed by atoms with Gasteiger partial charge in [-0.2, -0.15) is 0 Å². The zero-order chi connectivity index (χ0) is 24.0. The monoisotopic (exact) mass is 467 g/mol. The summed E-state index contributed by atoms with van der Waals surface area (Å²) in [5.74, 6) is -0.848. The third-order valence-corrected chi connectivity index (χ3v) is 6.17. The molecule has 9 heteroatoms. The molecule has 0 radical (unpaired) electrons. The molecule has 0 aliphatic heterocycles. The van der Waals surface area contributed by atoms with Crippen LogP contribution >= 0.6 is 11.3 Å². The summed E-state index contributed by atoms with van der Waals surface area (Å²) in [7, 11) is 3.28. The molecule has 0 fully saturated rings. The van der Waals surface area contributed by atoms with E-state index in [2.05, 4.69) is 16.0 Å². The Morgan fingerprint density at radius 2 is 1.55 bits per heavy atom. The van der Waals surface area contributed by atoms with Gasteiger partial charge in [0.2, 0.25) is 0 Å². The molecule has 0 saturated carbocycles. The predicted octanol–water partition coefficient (Wildman–Crippen LogP) is 3.67. The van der Waals surface area contributed by atoms with Crippen LogP contribution in [0.2, 0.25) is 0 Å². The molecule has 3 rings (SSSR count). The molecule has 2 aromatic carbocycles. The maximum Gasteiger partial charge on any atom is 0.335 e. The van der Waals surface area contributed by atoms with E-state index >= 15 is 0 Å². The van der Waals surface area contributed by atoms with Crippen LogP contribution in [0.1, 0.15) is 47.1 Å². The van der Waals surface area contributed by atoms with Crippen molar-refractivity contribution in [3.05, 3.63) is 81.2 Å². The van der Waals surface area contributed by atoms with Crippen molar-refractivity contribution in [1.29, 1.82) is 0 Å². The minimum atomic E-state index is -0.988. The van der Waals surface area contributed by atoms with Crippen molar-refractivity contribution >= 4 is 34.1 Å². The maximum absolute atomic E-state index is 12.8. The SMILES string of the molecule is CNc1sc(C(=O)NCc2ccc(OC)cc2)cc1C(=O)NCc1ccc(C(=O)O)c(C)c1. The summed E-state index contributed by atoms with van der Waals surface area (Å²) in [6.45, 7) is 2.30. The zero-order valence-electron chi connectivity index (χ0n) is 18.5. The molecular weight excluding hydrogens is 442 g/mol. The number of amides is 2. The van der Waals surface area contributed by atoms with Crippen LogP contribution in [0.25, 0.3) is 0 Å². The number of ether oxygens (including phenoxy) is 1. The molecule has 8 nitrogen and oxygen atoms in total. The van der Waals surface area contributed by atoms with Crippen molar-refractivity contribution in [2.45, 2.75) is 20.0 Å². The molecule has 0 spiro atoms. The lowest BCUT2D eigenvalue weighted by Gasteiger charge is -2.08. The Morgan fingerprint density at radius 1 is 0.909 bits per heavy atom. The Morgan fingerprint density at radius 3 is 2.15 bits per heavy atom. The number of rotatable bonds is 9. The van der Waals surface area contributed by atoms with Gasteiger partial charge in [-0.1, -0.05) is 24.3 Å². The Labute approximate surface area is 195 Å². The van der Waals surface area contributed by atoms with Crippen LogP contribution < -0.4 is 20.7 Å². The second-order valence-corrected chi connectivity index (χ2v) is 8.32. The summed E-state index contributed by atoms with van der Waals surface area (Å²) < 4.78 is 5.13. The van der Waals surface area contributed by atoms with E-state index in [4.69, 9.17) is 9.84 Å². The summed E-state index contributed by atoms with van der Waals surface area (Å²) in [5.41, 5.74) is 2.93. The lowest BCUT2D eigenvalue weighted by atomic mass is 10.1. The van der Waals surface area contributed by atoms with Gasteiger partial charge in [-0.15, -0.1) is 11.3 Å². The quantitative estimate of drug-likeness (QED) is 0.382. The molecular formula is C24H25N3O5S. The number of nitrogens with one attached hydrogen (secondary N) is 3. The fourth-order valence-corrected chi connectivity index (χ4v) is 4.15. The number of anilines is 1. The highest BCUT2D eigenvalue weighted by atomic mass is 32.1. The molecule has 4 N–H and O–H groups in total. The van der Waals surface area contributed by atoms with Gasteiger partial charge in [-0.3, -0.25) is 9.59 Å². The van der Waals surface area contributed by atoms with Gasteiger partial charge < -0.3 is 25.8 Å². The number of carboxylic acids is 1. The van der Waals surface area contributed by atoms with Crippen molar-refractivity contribution in [3.8, 4) is 5.75 Å². The Balaban J connectivity index is 1.64. The maximum atomic E-state index is 12.8. The highest BCUT2D eigenvalue weighted by Gasteiger charge is 2.19. The lowest BCUT2D eigenvalue weighted by molar-refractivity contribution is 0.0695. The second-order valence-electron chi connectivity index (χ2n) is 7.27. The van der Waals surface area contributed by atoms with Gasteiger partial charge in [0.15, 0.2) is 0 Å². The highest BCUT2D eigenvalue weighted by molar-refractivity contribution is 7.18. The molecule has 0 saturated heterocycles. The number of hydrogen-bond acceptors (Lipinski definition) is 6. The van der Waals surface area contributed by atoms with Crippen LogP contribution in [0.4, 0.5) is 5.00 Å². The number of thiophene rings is 1. The molecule has 1 aromatic heterocycles. The van der Waals surface area contributed by atoms with Crippen molar-refractivity contribution in [2.24, 2.45) is 0 Å². The highest BCUT2D eigenvalue weighted by Crippen LogP contribution is 2.28. The smallest absolute Gasteiger partial charge is 0.335 e. The molecule has 0 unspecified atom stereocenters. The summed E-state index contributed by atoms with van der Waals surface area (Å²) in [5, 5.41) is 18.4. The Hall–Kier alpha value is -3.85. The second kappa shape index (κ2) is 10.6. The average molecular weight is 468 g/mol. The topological polar surface area (TPSA) is 117 Å². The van der Waals surface area contributed by atoms with E-state index in [1.54, 1.807) is 39.3 Å². The number of aryl methyl sites for hydroxylation is 1. The summed E-state index contributed by atoms with van der Waals surface area (Å²) in [6, 6.07) is 13.9. The van der Waals surface area contributed by atoms with Crippen LogP contribution in [0, 0.1) is 6.92 Å². The zero-order valence-corrected chi connectivity index (χ0v) is 19.3. The summed E-state index contributed by atoms with van der Waals surface area (Å²) in [6.07, 6.45) is 0. The van der Waals surface area contributed by atoms with E-state index in [0.29, 0.717) is 27.5 Å². The lowest BCUT2D eigenvalue weighted by Crippen LogP contribution is -2.24. The van der Waals surface area contributed by atoms with E-state index in [1.807, 2.05) is 24.3 Å². The van der Waals surface area contributed by atoms with Crippen molar-refractivity contribution < 1.29 is 24.2 Å².